The summed E-state index contributed by atoms with van der Waals surface area (Å²) in [6.45, 7) is 5.68. The number of ether oxygens (including phenoxy) is 1. The summed E-state index contributed by atoms with van der Waals surface area (Å²) in [4.78, 5) is 25.5. The van der Waals surface area contributed by atoms with Crippen molar-refractivity contribution in [2.24, 2.45) is 11.3 Å². The van der Waals surface area contributed by atoms with Gasteiger partial charge in [-0.25, -0.2) is 30.4 Å². The first-order chi connectivity index (χ1) is 20.7. The van der Waals surface area contributed by atoms with Crippen molar-refractivity contribution in [1.29, 1.82) is 0 Å². The van der Waals surface area contributed by atoms with Gasteiger partial charge in [-0.05, 0) is 33.3 Å². The number of thioether (sulfide) groups is 1. The molecule has 1 aliphatic rings. The van der Waals surface area contributed by atoms with Crippen LogP contribution in [0.2, 0.25) is 0 Å². The number of hydrogen-bond donors (Lipinski definition) is 5. The van der Waals surface area contributed by atoms with E-state index in [2.05, 4.69) is 20.0 Å². The lowest BCUT2D eigenvalue weighted by atomic mass is 9.96. The molecule has 1 aliphatic heterocycles. The Hall–Kier alpha value is -2.50. The number of carbonyl (C=O) groups excluding carboxylic acids is 1. The van der Waals surface area contributed by atoms with Crippen LogP contribution < -0.4 is 15.9 Å². The number of carbonyl (C=O) groups is 1. The second-order valence-corrected chi connectivity index (χ2v) is 14.2. The number of fused-ring (bicyclic) bond motifs is 1. The fraction of sp³-hybridized carbons (Fsp3) is 0.556. The van der Waals surface area contributed by atoms with Crippen LogP contribution in [0.1, 0.15) is 38.4 Å². The summed E-state index contributed by atoms with van der Waals surface area (Å²) in [6, 6.07) is 9.19. The van der Waals surface area contributed by atoms with Crippen LogP contribution in [-0.2, 0) is 29.7 Å². The van der Waals surface area contributed by atoms with Gasteiger partial charge in [0.1, 0.15) is 23.6 Å². The molecule has 3 heterocycles. The van der Waals surface area contributed by atoms with Crippen molar-refractivity contribution in [3.8, 4) is 0 Å². The number of hydrogen-bond acceptors (Lipinski definition) is 14. The Labute approximate surface area is 259 Å². The molecule has 0 saturated carbocycles. The molecular weight excluding hydrogens is 613 g/mol. The first-order valence-corrected chi connectivity index (χ1v) is 16.4. The van der Waals surface area contributed by atoms with Crippen molar-refractivity contribution < 1.29 is 38.5 Å². The number of benzene rings is 1. The third kappa shape index (κ3) is 7.65. The number of aliphatic hydroxyl groups excluding tert-OH is 2. The van der Waals surface area contributed by atoms with Crippen molar-refractivity contribution in [3.05, 3.63) is 48.0 Å². The van der Waals surface area contributed by atoms with Gasteiger partial charge in [-0.1, -0.05) is 42.1 Å². The molecule has 5 atom stereocenters. The van der Waals surface area contributed by atoms with Gasteiger partial charge in [0.2, 0.25) is 0 Å². The molecule has 3 aromatic rings. The zero-order valence-corrected chi connectivity index (χ0v) is 27.0. The molecule has 0 amide bonds. The van der Waals surface area contributed by atoms with Gasteiger partial charge >= 0.3 is 7.75 Å². The van der Waals surface area contributed by atoms with Crippen LogP contribution in [0.4, 0.5) is 5.82 Å². The monoisotopic (exact) mass is 653 g/mol. The maximum Gasteiger partial charge on any atom is 0.405 e. The molecule has 2 unspecified atom stereocenters. The fourth-order valence-corrected chi connectivity index (χ4v) is 6.68. The van der Waals surface area contributed by atoms with E-state index in [1.54, 1.807) is 27.8 Å². The molecule has 17 heteroatoms. The zero-order valence-electron chi connectivity index (χ0n) is 25.3. The van der Waals surface area contributed by atoms with Crippen molar-refractivity contribution in [3.63, 3.8) is 0 Å². The Morgan fingerprint density at radius 3 is 2.66 bits per heavy atom. The SMILES string of the molecule is Cc1nc(N(C)N)c2ncn([C@@H]3O[C@H](COP(=O)(NCc4ccccc4)OCCSC(=O)C(C)(C)CO)[C@H](O)C3(C)O)c2n1. The quantitative estimate of drug-likeness (QED) is 0.0726. The molecule has 0 spiro atoms. The number of aliphatic hydroxyl groups is 3. The number of nitrogens with zero attached hydrogens (tertiary/aromatic N) is 5. The van der Waals surface area contributed by atoms with Crippen molar-refractivity contribution >= 4 is 41.6 Å². The van der Waals surface area contributed by atoms with Gasteiger partial charge in [0.15, 0.2) is 28.3 Å². The van der Waals surface area contributed by atoms with Crippen LogP contribution in [-0.4, -0.2) is 90.4 Å². The van der Waals surface area contributed by atoms with Gasteiger partial charge in [-0.3, -0.25) is 23.4 Å². The summed E-state index contributed by atoms with van der Waals surface area (Å²) in [7, 11) is -2.40. The molecule has 1 fully saturated rings. The predicted molar refractivity (Wildman–Crippen MR) is 164 cm³/mol. The lowest BCUT2D eigenvalue weighted by Gasteiger charge is -2.27. The number of imidazole rings is 1. The Kier molecular flexibility index (Phi) is 10.8. The van der Waals surface area contributed by atoms with Crippen LogP contribution in [0.15, 0.2) is 36.7 Å². The highest BCUT2D eigenvalue weighted by atomic mass is 32.2. The maximum absolute atomic E-state index is 13.8. The highest BCUT2D eigenvalue weighted by Crippen LogP contribution is 2.47. The second kappa shape index (κ2) is 13.9. The van der Waals surface area contributed by atoms with Crippen molar-refractivity contribution in [1.82, 2.24) is 24.6 Å². The Morgan fingerprint density at radius 2 is 2.00 bits per heavy atom. The molecular formula is C27H40N7O8PS. The third-order valence-corrected chi connectivity index (χ3v) is 9.85. The van der Waals surface area contributed by atoms with Gasteiger partial charge in [0.25, 0.3) is 0 Å². The average Bonchev–Trinajstić information content (AvgIpc) is 3.50. The summed E-state index contributed by atoms with van der Waals surface area (Å²) in [5.74, 6) is 6.86. The highest BCUT2D eigenvalue weighted by molar-refractivity contribution is 8.13. The summed E-state index contributed by atoms with van der Waals surface area (Å²) >= 11 is 0.954. The number of aryl methyl sites for hydroxylation is 1. The van der Waals surface area contributed by atoms with E-state index in [-0.39, 0.29) is 30.6 Å². The number of anilines is 1. The van der Waals surface area contributed by atoms with Gasteiger partial charge < -0.3 is 20.1 Å². The molecule has 4 rings (SSSR count). The molecule has 0 radical (unpaired) electrons. The zero-order chi connectivity index (χ0) is 32.3. The fourth-order valence-electron chi connectivity index (χ4n) is 4.44. The lowest BCUT2D eigenvalue weighted by Crippen LogP contribution is -2.44. The van der Waals surface area contributed by atoms with Crippen LogP contribution >= 0.6 is 19.5 Å². The smallest absolute Gasteiger partial charge is 0.395 e. The third-order valence-electron chi connectivity index (χ3n) is 7.11. The minimum absolute atomic E-state index is 0.108. The molecule has 15 nitrogen and oxygen atoms in total. The van der Waals surface area contributed by atoms with Crippen LogP contribution in [0.5, 0.6) is 0 Å². The second-order valence-electron chi connectivity index (χ2n) is 11.4. The van der Waals surface area contributed by atoms with Crippen LogP contribution in [0.3, 0.4) is 0 Å². The average molecular weight is 654 g/mol. The van der Waals surface area contributed by atoms with E-state index in [9.17, 15) is 24.7 Å². The molecule has 6 N–H and O–H groups in total. The summed E-state index contributed by atoms with van der Waals surface area (Å²) < 4.78 is 32.7. The number of hydrazine groups is 1. The summed E-state index contributed by atoms with van der Waals surface area (Å²) in [5, 5.41) is 35.7. The number of nitrogens with one attached hydrogen (secondary N) is 1. The minimum atomic E-state index is -4.01. The van der Waals surface area contributed by atoms with Crippen LogP contribution in [0, 0.1) is 12.3 Å². The highest BCUT2D eigenvalue weighted by Gasteiger charge is 2.54. The van der Waals surface area contributed by atoms with Gasteiger partial charge in [-0.2, -0.15) is 0 Å². The standard InChI is InChI=1S/C27H40N7O8PS/c1-17-31-22(33(5)28)20-23(32-17)34(16-29-20)24-27(4,38)21(36)19(42-24)14-41-43(39,30-13-18-9-7-6-8-10-18)40-11-12-44-25(37)26(2,3)15-35/h6-10,16,19,21,24,35-36,38H,11-15,28H2,1-5H3,(H,30,39)/t19-,21+,24-,27?,43?/m1/s1. The molecule has 1 saturated heterocycles. The molecule has 0 aliphatic carbocycles. The van der Waals surface area contributed by atoms with E-state index in [4.69, 9.17) is 19.6 Å². The molecule has 1 aromatic carbocycles. The summed E-state index contributed by atoms with van der Waals surface area (Å²) in [5.41, 5.74) is -1.23. The number of aromatic nitrogens is 4. The number of nitrogens with two attached hydrogens (primary N) is 1. The van der Waals surface area contributed by atoms with Gasteiger partial charge in [0, 0.05) is 19.3 Å². The molecule has 0 bridgehead atoms. The van der Waals surface area contributed by atoms with E-state index in [0.717, 1.165) is 17.3 Å². The van der Waals surface area contributed by atoms with E-state index < -0.39 is 43.8 Å². The first-order valence-electron chi connectivity index (χ1n) is 13.9. The first kappa shape index (κ1) is 34.4. The Balaban J connectivity index is 1.48. The predicted octanol–water partition coefficient (Wildman–Crippen LogP) is 1.66. The van der Waals surface area contributed by atoms with E-state index in [0.29, 0.717) is 22.8 Å². The molecule has 2 aromatic heterocycles. The van der Waals surface area contributed by atoms with Crippen LogP contribution in [0.25, 0.3) is 11.2 Å². The lowest BCUT2D eigenvalue weighted by molar-refractivity contribution is -0.119. The van der Waals surface area contributed by atoms with E-state index in [1.165, 1.54) is 22.8 Å². The number of rotatable bonds is 14. The minimum Gasteiger partial charge on any atom is -0.395 e. The molecule has 44 heavy (non-hydrogen) atoms. The Bertz CT molecular complexity index is 1490. The normalized spacial score (nSPS) is 23.6. The maximum atomic E-state index is 13.8. The van der Waals surface area contributed by atoms with Gasteiger partial charge in [0.05, 0.1) is 31.6 Å². The van der Waals surface area contributed by atoms with Crippen molar-refractivity contribution in [2.75, 3.05) is 37.6 Å². The summed E-state index contributed by atoms with van der Waals surface area (Å²) in [6.07, 6.45) is -2.31. The van der Waals surface area contributed by atoms with E-state index >= 15 is 0 Å². The Morgan fingerprint density at radius 1 is 1.30 bits per heavy atom. The topological polar surface area (TPSA) is 207 Å². The molecule has 242 valence electrons. The largest absolute Gasteiger partial charge is 0.405 e. The van der Waals surface area contributed by atoms with E-state index in [1.807, 2.05) is 30.3 Å². The van der Waals surface area contributed by atoms with Crippen molar-refractivity contribution in [2.45, 2.75) is 58.3 Å². The van der Waals surface area contributed by atoms with Gasteiger partial charge in [-0.15, -0.1) is 0 Å².